The standard InChI is InChI=1S/C23H31N5S/c1-3-4-12-24-22-26-21(18-29-22)23(20-8-6-5-7-9-20)10-13-28(14-11-23)17-19-15-25-27(2)16-19/h5-9,15-16,18H,3-4,10-14,17H2,1-2H3,(H,24,26). The molecule has 0 saturated carbocycles. The number of unbranched alkanes of at least 4 members (excludes halogenated alkanes) is 1. The van der Waals surface area contributed by atoms with Crippen molar-refractivity contribution in [1.29, 1.82) is 0 Å². The van der Waals surface area contributed by atoms with Crippen molar-refractivity contribution in [3.8, 4) is 0 Å². The summed E-state index contributed by atoms with van der Waals surface area (Å²) in [5, 5.41) is 11.2. The number of aryl methyl sites for hydroxylation is 1. The van der Waals surface area contributed by atoms with Gasteiger partial charge in [-0.05, 0) is 37.9 Å². The van der Waals surface area contributed by atoms with Crippen LogP contribution in [0.25, 0.3) is 0 Å². The number of likely N-dealkylation sites (tertiary alicyclic amines) is 1. The summed E-state index contributed by atoms with van der Waals surface area (Å²) in [6.45, 7) is 6.33. The van der Waals surface area contributed by atoms with Gasteiger partial charge in [0.05, 0.1) is 11.9 Å². The number of nitrogens with zero attached hydrogens (tertiary/aromatic N) is 4. The monoisotopic (exact) mass is 409 g/mol. The summed E-state index contributed by atoms with van der Waals surface area (Å²) in [4.78, 5) is 7.59. The van der Waals surface area contributed by atoms with Crippen LogP contribution in [0.1, 0.15) is 49.4 Å². The average Bonchev–Trinajstić information content (AvgIpc) is 3.39. The maximum absolute atomic E-state index is 5.04. The van der Waals surface area contributed by atoms with Crippen LogP contribution in [0.3, 0.4) is 0 Å². The number of nitrogens with one attached hydrogen (secondary N) is 1. The third-order valence-corrected chi connectivity index (χ3v) is 6.80. The molecule has 154 valence electrons. The van der Waals surface area contributed by atoms with Crippen molar-refractivity contribution >= 4 is 16.5 Å². The van der Waals surface area contributed by atoms with Gasteiger partial charge in [-0.15, -0.1) is 11.3 Å². The van der Waals surface area contributed by atoms with E-state index in [0.717, 1.165) is 44.2 Å². The molecule has 4 rings (SSSR count). The third kappa shape index (κ3) is 4.54. The van der Waals surface area contributed by atoms with Crippen LogP contribution >= 0.6 is 11.3 Å². The number of thiazole rings is 1. The van der Waals surface area contributed by atoms with Crippen molar-refractivity contribution in [2.45, 2.75) is 44.6 Å². The van der Waals surface area contributed by atoms with Gasteiger partial charge >= 0.3 is 0 Å². The zero-order valence-corrected chi connectivity index (χ0v) is 18.3. The van der Waals surface area contributed by atoms with Crippen LogP contribution < -0.4 is 5.32 Å². The van der Waals surface area contributed by atoms with Crippen LogP contribution in [0.5, 0.6) is 0 Å². The molecule has 1 aliphatic rings. The van der Waals surface area contributed by atoms with Gasteiger partial charge in [0.2, 0.25) is 0 Å². The van der Waals surface area contributed by atoms with E-state index in [1.807, 2.05) is 17.9 Å². The van der Waals surface area contributed by atoms with E-state index in [-0.39, 0.29) is 5.41 Å². The highest BCUT2D eigenvalue weighted by molar-refractivity contribution is 7.13. The Balaban J connectivity index is 1.52. The quantitative estimate of drug-likeness (QED) is 0.549. The molecule has 0 spiro atoms. The number of hydrogen-bond donors (Lipinski definition) is 1. The summed E-state index contributed by atoms with van der Waals surface area (Å²) in [6.07, 6.45) is 8.67. The Morgan fingerprint density at radius 1 is 1.17 bits per heavy atom. The largest absolute Gasteiger partial charge is 0.362 e. The number of rotatable bonds is 8. The van der Waals surface area contributed by atoms with Gasteiger partial charge < -0.3 is 5.32 Å². The Morgan fingerprint density at radius 3 is 2.66 bits per heavy atom. The van der Waals surface area contributed by atoms with E-state index in [0.29, 0.717) is 0 Å². The first-order chi connectivity index (χ1) is 14.2. The Hall–Kier alpha value is -2.18. The highest BCUT2D eigenvalue weighted by atomic mass is 32.1. The van der Waals surface area contributed by atoms with Gasteiger partial charge in [0.25, 0.3) is 0 Å². The topological polar surface area (TPSA) is 46.0 Å². The molecule has 3 aromatic rings. The smallest absolute Gasteiger partial charge is 0.182 e. The summed E-state index contributed by atoms with van der Waals surface area (Å²) in [5.41, 5.74) is 3.92. The van der Waals surface area contributed by atoms with E-state index < -0.39 is 0 Å². The third-order valence-electron chi connectivity index (χ3n) is 6.00. The number of piperidine rings is 1. The number of benzene rings is 1. The zero-order chi connectivity index (χ0) is 20.1. The van der Waals surface area contributed by atoms with Crippen LogP contribution in [0.15, 0.2) is 48.1 Å². The second-order valence-electron chi connectivity index (χ2n) is 8.06. The lowest BCUT2D eigenvalue weighted by molar-refractivity contribution is 0.170. The van der Waals surface area contributed by atoms with Crippen molar-refractivity contribution in [2.75, 3.05) is 25.0 Å². The van der Waals surface area contributed by atoms with Crippen LogP contribution in [0.4, 0.5) is 5.13 Å². The molecule has 6 heteroatoms. The van der Waals surface area contributed by atoms with Crippen LogP contribution in [0.2, 0.25) is 0 Å². The van der Waals surface area contributed by atoms with Gasteiger partial charge in [-0.3, -0.25) is 9.58 Å². The molecule has 5 nitrogen and oxygen atoms in total. The van der Waals surface area contributed by atoms with Crippen molar-refractivity contribution in [2.24, 2.45) is 7.05 Å². The van der Waals surface area contributed by atoms with E-state index >= 15 is 0 Å². The molecule has 1 N–H and O–H groups in total. The molecular formula is C23H31N5S. The Morgan fingerprint density at radius 2 is 1.97 bits per heavy atom. The second kappa shape index (κ2) is 9.09. The maximum atomic E-state index is 5.04. The highest BCUT2D eigenvalue weighted by Crippen LogP contribution is 2.42. The minimum atomic E-state index is 0.00782. The summed E-state index contributed by atoms with van der Waals surface area (Å²) < 4.78 is 1.88. The lowest BCUT2D eigenvalue weighted by Gasteiger charge is -2.41. The zero-order valence-electron chi connectivity index (χ0n) is 17.5. The van der Waals surface area contributed by atoms with Gasteiger partial charge in [-0.25, -0.2) is 4.98 Å². The van der Waals surface area contributed by atoms with E-state index in [1.54, 1.807) is 11.3 Å². The van der Waals surface area contributed by atoms with Crippen molar-refractivity contribution in [3.63, 3.8) is 0 Å². The highest BCUT2D eigenvalue weighted by Gasteiger charge is 2.39. The minimum absolute atomic E-state index is 0.00782. The average molecular weight is 410 g/mol. The minimum Gasteiger partial charge on any atom is -0.362 e. The Labute approximate surface area is 177 Å². The molecule has 3 heterocycles. The lowest BCUT2D eigenvalue weighted by atomic mass is 9.70. The van der Waals surface area contributed by atoms with Crippen molar-refractivity contribution < 1.29 is 0 Å². The summed E-state index contributed by atoms with van der Waals surface area (Å²) in [7, 11) is 1.98. The molecule has 1 aromatic carbocycles. The van der Waals surface area contributed by atoms with E-state index in [1.165, 1.54) is 29.7 Å². The number of aromatic nitrogens is 3. The van der Waals surface area contributed by atoms with Gasteiger partial charge in [-0.1, -0.05) is 43.7 Å². The fourth-order valence-corrected chi connectivity index (χ4v) is 5.14. The van der Waals surface area contributed by atoms with Gasteiger partial charge in [0.15, 0.2) is 5.13 Å². The maximum Gasteiger partial charge on any atom is 0.182 e. The lowest BCUT2D eigenvalue weighted by Crippen LogP contribution is -2.43. The first-order valence-electron chi connectivity index (χ1n) is 10.6. The van der Waals surface area contributed by atoms with E-state index in [2.05, 4.69) is 64.1 Å². The van der Waals surface area contributed by atoms with Crippen LogP contribution in [0, 0.1) is 0 Å². The van der Waals surface area contributed by atoms with Gasteiger partial charge in [0, 0.05) is 42.7 Å². The molecule has 1 saturated heterocycles. The Bertz CT molecular complexity index is 893. The Kier molecular flexibility index (Phi) is 6.31. The molecular weight excluding hydrogens is 378 g/mol. The molecule has 2 aromatic heterocycles. The predicted octanol–water partition coefficient (Wildman–Crippen LogP) is 4.67. The summed E-state index contributed by atoms with van der Waals surface area (Å²) in [6, 6.07) is 11.0. The second-order valence-corrected chi connectivity index (χ2v) is 8.92. The van der Waals surface area contributed by atoms with Crippen molar-refractivity contribution in [1.82, 2.24) is 19.7 Å². The molecule has 0 radical (unpaired) electrons. The predicted molar refractivity (Wildman–Crippen MR) is 120 cm³/mol. The number of hydrogen-bond acceptors (Lipinski definition) is 5. The van der Waals surface area contributed by atoms with Crippen LogP contribution in [-0.4, -0.2) is 39.3 Å². The summed E-state index contributed by atoms with van der Waals surface area (Å²) in [5.74, 6) is 0. The molecule has 0 unspecified atom stereocenters. The normalized spacial score (nSPS) is 16.8. The van der Waals surface area contributed by atoms with Gasteiger partial charge in [-0.2, -0.15) is 5.10 Å². The molecule has 0 bridgehead atoms. The first kappa shape index (κ1) is 20.1. The fourth-order valence-electron chi connectivity index (χ4n) is 4.30. The molecule has 0 atom stereocenters. The number of anilines is 1. The molecule has 29 heavy (non-hydrogen) atoms. The molecule has 0 aliphatic carbocycles. The van der Waals surface area contributed by atoms with E-state index in [9.17, 15) is 0 Å². The molecule has 1 aliphatic heterocycles. The first-order valence-corrected chi connectivity index (χ1v) is 11.5. The van der Waals surface area contributed by atoms with Crippen LogP contribution in [-0.2, 0) is 19.0 Å². The van der Waals surface area contributed by atoms with Crippen molar-refractivity contribution in [3.05, 3.63) is 64.9 Å². The molecule has 0 amide bonds. The molecule has 1 fully saturated rings. The van der Waals surface area contributed by atoms with Gasteiger partial charge in [0.1, 0.15) is 0 Å². The fraction of sp³-hybridized carbons (Fsp3) is 0.478. The SMILES string of the molecule is CCCCNc1nc(C2(c3ccccc3)CCN(Cc3cnn(C)c3)CC2)cs1. The van der Waals surface area contributed by atoms with E-state index in [4.69, 9.17) is 4.98 Å². The summed E-state index contributed by atoms with van der Waals surface area (Å²) >= 11 is 1.75.